The molecule has 0 aliphatic carbocycles. The van der Waals surface area contributed by atoms with Crippen molar-refractivity contribution in [3.8, 4) is 0 Å². The standard InChI is InChI=1S/C6H14O3.C3H8O/c1-5(2)7-9-8-6(3)4;1-3(2)4/h5-6H,1-4H3;3-4H,1-2H3. The first kappa shape index (κ1) is 15.3. The molecule has 0 spiro atoms. The summed E-state index contributed by atoms with van der Waals surface area (Å²) in [6.45, 7) is 10.9. The van der Waals surface area contributed by atoms with Gasteiger partial charge in [0.15, 0.2) is 0 Å². The Labute approximate surface area is 80.7 Å². The Morgan fingerprint density at radius 2 is 1.00 bits per heavy atom. The fourth-order valence-corrected chi connectivity index (χ4v) is 0.180. The molecule has 0 atom stereocenters. The van der Waals surface area contributed by atoms with E-state index in [2.05, 4.69) is 14.8 Å². The molecule has 0 aliphatic rings. The smallest absolute Gasteiger partial charge is 0.0905 e. The average molecular weight is 194 g/mol. The molecule has 0 rings (SSSR count). The summed E-state index contributed by atoms with van der Waals surface area (Å²) >= 11 is 0. The maximum absolute atomic E-state index is 8.06. The fraction of sp³-hybridized carbons (Fsp3) is 1.00. The normalized spacial score (nSPS) is 10.6. The van der Waals surface area contributed by atoms with Crippen LogP contribution in [0.2, 0.25) is 0 Å². The minimum Gasteiger partial charge on any atom is -0.394 e. The van der Waals surface area contributed by atoms with E-state index in [1.807, 2.05) is 27.7 Å². The van der Waals surface area contributed by atoms with Gasteiger partial charge in [-0.05, 0) is 41.5 Å². The van der Waals surface area contributed by atoms with E-state index in [1.54, 1.807) is 13.8 Å². The summed E-state index contributed by atoms with van der Waals surface area (Å²) in [5, 5.41) is 12.4. The van der Waals surface area contributed by atoms with Crippen molar-refractivity contribution < 1.29 is 19.9 Å². The molecule has 1 N–H and O–H groups in total. The van der Waals surface area contributed by atoms with Crippen LogP contribution in [0.15, 0.2) is 0 Å². The first-order chi connectivity index (χ1) is 5.86. The minimum atomic E-state index is -0.167. The molecular formula is C9H22O4. The van der Waals surface area contributed by atoms with Gasteiger partial charge >= 0.3 is 0 Å². The lowest BCUT2D eigenvalue weighted by molar-refractivity contribution is -0.533. The van der Waals surface area contributed by atoms with Gasteiger partial charge in [0.2, 0.25) is 0 Å². The van der Waals surface area contributed by atoms with Crippen molar-refractivity contribution in [2.24, 2.45) is 0 Å². The van der Waals surface area contributed by atoms with E-state index in [1.165, 1.54) is 0 Å². The van der Waals surface area contributed by atoms with Crippen molar-refractivity contribution in [1.82, 2.24) is 0 Å². The van der Waals surface area contributed by atoms with Crippen molar-refractivity contribution >= 4 is 0 Å². The summed E-state index contributed by atoms with van der Waals surface area (Å²) in [4.78, 5) is 9.26. The van der Waals surface area contributed by atoms with Crippen molar-refractivity contribution in [1.29, 1.82) is 0 Å². The molecule has 4 nitrogen and oxygen atoms in total. The van der Waals surface area contributed by atoms with E-state index in [4.69, 9.17) is 5.11 Å². The minimum absolute atomic E-state index is 0.0451. The van der Waals surface area contributed by atoms with E-state index in [-0.39, 0.29) is 18.3 Å². The lowest BCUT2D eigenvalue weighted by atomic mass is 10.5. The molecule has 0 bridgehead atoms. The Morgan fingerprint density at radius 3 is 1.15 bits per heavy atom. The van der Waals surface area contributed by atoms with Crippen LogP contribution in [0.4, 0.5) is 0 Å². The molecular weight excluding hydrogens is 172 g/mol. The molecule has 13 heavy (non-hydrogen) atoms. The Bertz CT molecular complexity index is 80.9. The Balaban J connectivity index is 0. The van der Waals surface area contributed by atoms with E-state index < -0.39 is 0 Å². The maximum Gasteiger partial charge on any atom is 0.0905 e. The third-order valence-corrected chi connectivity index (χ3v) is 0.463. The van der Waals surface area contributed by atoms with Crippen molar-refractivity contribution in [2.45, 2.75) is 59.9 Å². The molecule has 0 aliphatic heterocycles. The predicted octanol–water partition coefficient (Wildman–Crippen LogP) is 2.07. The van der Waals surface area contributed by atoms with Crippen LogP contribution < -0.4 is 0 Å². The van der Waals surface area contributed by atoms with E-state index in [0.29, 0.717) is 0 Å². The van der Waals surface area contributed by atoms with Crippen LogP contribution in [0, 0.1) is 0 Å². The number of rotatable bonds is 4. The highest BCUT2D eigenvalue weighted by Crippen LogP contribution is 1.93. The van der Waals surface area contributed by atoms with E-state index in [9.17, 15) is 0 Å². The summed E-state index contributed by atoms with van der Waals surface area (Å²) in [7, 11) is 0. The summed E-state index contributed by atoms with van der Waals surface area (Å²) in [6.07, 6.45) is -0.0764. The van der Waals surface area contributed by atoms with Crippen LogP contribution >= 0.6 is 0 Å². The molecule has 4 heteroatoms. The third kappa shape index (κ3) is 33.6. The van der Waals surface area contributed by atoms with E-state index >= 15 is 0 Å². The molecule has 0 aromatic rings. The second-order valence-electron chi connectivity index (χ2n) is 3.45. The lowest BCUT2D eigenvalue weighted by Crippen LogP contribution is -2.08. The maximum atomic E-state index is 8.06. The van der Waals surface area contributed by atoms with Gasteiger partial charge in [0, 0.05) is 6.10 Å². The second-order valence-corrected chi connectivity index (χ2v) is 3.45. The average Bonchev–Trinajstić information content (AvgIpc) is 1.83. The van der Waals surface area contributed by atoms with Crippen molar-refractivity contribution in [3.63, 3.8) is 0 Å². The fourth-order valence-electron chi connectivity index (χ4n) is 0.180. The monoisotopic (exact) mass is 194 g/mol. The summed E-state index contributed by atoms with van der Waals surface area (Å²) in [5.41, 5.74) is 0. The second kappa shape index (κ2) is 9.92. The zero-order chi connectivity index (χ0) is 10.9. The van der Waals surface area contributed by atoms with Gasteiger partial charge in [-0.25, -0.2) is 9.78 Å². The van der Waals surface area contributed by atoms with Gasteiger partial charge in [-0.15, -0.1) is 0 Å². The molecule has 0 unspecified atom stereocenters. The van der Waals surface area contributed by atoms with Gasteiger partial charge in [-0.3, -0.25) is 0 Å². The molecule has 0 fully saturated rings. The zero-order valence-corrected chi connectivity index (χ0v) is 9.40. The molecule has 0 radical (unpaired) electrons. The summed E-state index contributed by atoms with van der Waals surface area (Å²) < 4.78 is 0. The number of aliphatic hydroxyl groups is 1. The molecule has 0 saturated carbocycles. The molecule has 0 saturated heterocycles. The number of hydrogen-bond acceptors (Lipinski definition) is 4. The Morgan fingerprint density at radius 1 is 0.769 bits per heavy atom. The SMILES string of the molecule is CC(C)O.CC(C)OOOC(C)C. The van der Waals surface area contributed by atoms with Crippen molar-refractivity contribution in [2.75, 3.05) is 0 Å². The van der Waals surface area contributed by atoms with Gasteiger partial charge < -0.3 is 5.11 Å². The quantitative estimate of drug-likeness (QED) is 0.549. The topological polar surface area (TPSA) is 47.9 Å². The van der Waals surface area contributed by atoms with Crippen LogP contribution in [0.25, 0.3) is 0 Å². The third-order valence-electron chi connectivity index (χ3n) is 0.463. The van der Waals surface area contributed by atoms with Crippen molar-refractivity contribution in [3.05, 3.63) is 0 Å². The van der Waals surface area contributed by atoms with Gasteiger partial charge in [0.1, 0.15) is 0 Å². The van der Waals surface area contributed by atoms with Gasteiger partial charge in [-0.1, -0.05) is 5.04 Å². The highest BCUT2D eigenvalue weighted by atomic mass is 17.5. The molecule has 82 valence electrons. The van der Waals surface area contributed by atoms with Crippen LogP contribution in [-0.2, 0) is 14.8 Å². The first-order valence-electron chi connectivity index (χ1n) is 4.53. The largest absolute Gasteiger partial charge is 0.394 e. The summed E-state index contributed by atoms with van der Waals surface area (Å²) in [6, 6.07) is 0. The molecule has 0 amide bonds. The Kier molecular flexibility index (Phi) is 11.7. The lowest BCUT2D eigenvalue weighted by Gasteiger charge is -2.06. The van der Waals surface area contributed by atoms with Crippen LogP contribution in [0.3, 0.4) is 0 Å². The summed E-state index contributed by atoms with van der Waals surface area (Å²) in [5.74, 6) is 0. The van der Waals surface area contributed by atoms with Gasteiger partial charge in [-0.2, -0.15) is 0 Å². The predicted molar refractivity (Wildman–Crippen MR) is 50.9 cm³/mol. The zero-order valence-electron chi connectivity index (χ0n) is 9.40. The van der Waals surface area contributed by atoms with Crippen LogP contribution in [0.5, 0.6) is 0 Å². The number of hydrogen-bond donors (Lipinski definition) is 1. The van der Waals surface area contributed by atoms with Gasteiger partial charge in [0.25, 0.3) is 0 Å². The Hall–Kier alpha value is -0.160. The van der Waals surface area contributed by atoms with Crippen LogP contribution in [-0.4, -0.2) is 23.4 Å². The first-order valence-corrected chi connectivity index (χ1v) is 4.53. The molecule has 0 aromatic carbocycles. The van der Waals surface area contributed by atoms with E-state index in [0.717, 1.165) is 0 Å². The highest BCUT2D eigenvalue weighted by molar-refractivity contribution is 4.27. The molecule has 0 aromatic heterocycles. The van der Waals surface area contributed by atoms with Crippen LogP contribution in [0.1, 0.15) is 41.5 Å². The van der Waals surface area contributed by atoms with Gasteiger partial charge in [0.05, 0.1) is 12.2 Å². The number of aliphatic hydroxyl groups excluding tert-OH is 1. The highest BCUT2D eigenvalue weighted by Gasteiger charge is 1.96. The molecule has 0 heterocycles.